The van der Waals surface area contributed by atoms with Gasteiger partial charge in [-0.15, -0.1) is 10.2 Å². The van der Waals surface area contributed by atoms with Crippen molar-refractivity contribution in [2.45, 2.75) is 33.1 Å². The zero-order chi connectivity index (χ0) is 10.6. The molecule has 0 aliphatic rings. The second-order valence-corrected chi connectivity index (χ2v) is 3.58. The standard InChI is InChI=1S/C9H14N2O3/c1-6(2)5-8-11-10-7(14-8)3-4-9(12)13/h6H,3-5H2,1-2H3,(H,12,13). The predicted molar refractivity (Wildman–Crippen MR) is 48.8 cm³/mol. The van der Waals surface area contributed by atoms with Gasteiger partial charge in [0.2, 0.25) is 11.8 Å². The summed E-state index contributed by atoms with van der Waals surface area (Å²) in [5.41, 5.74) is 0. The van der Waals surface area contributed by atoms with E-state index >= 15 is 0 Å². The van der Waals surface area contributed by atoms with Crippen molar-refractivity contribution >= 4 is 5.97 Å². The maximum absolute atomic E-state index is 10.3. The Morgan fingerprint density at radius 3 is 2.64 bits per heavy atom. The predicted octanol–water partition coefficient (Wildman–Crippen LogP) is 1.29. The van der Waals surface area contributed by atoms with Gasteiger partial charge in [-0.05, 0) is 5.92 Å². The highest BCUT2D eigenvalue weighted by Gasteiger charge is 2.08. The molecular formula is C9H14N2O3. The number of aliphatic carboxylic acids is 1. The van der Waals surface area contributed by atoms with Crippen molar-refractivity contribution in [1.29, 1.82) is 0 Å². The molecule has 0 spiro atoms. The van der Waals surface area contributed by atoms with Crippen LogP contribution >= 0.6 is 0 Å². The summed E-state index contributed by atoms with van der Waals surface area (Å²) in [6, 6.07) is 0. The third-order valence-corrected chi connectivity index (χ3v) is 1.64. The smallest absolute Gasteiger partial charge is 0.303 e. The number of hydrogen-bond acceptors (Lipinski definition) is 4. The van der Waals surface area contributed by atoms with E-state index in [1.165, 1.54) is 0 Å². The maximum atomic E-state index is 10.3. The van der Waals surface area contributed by atoms with Gasteiger partial charge in [0.25, 0.3) is 0 Å². The third kappa shape index (κ3) is 3.55. The van der Waals surface area contributed by atoms with Gasteiger partial charge in [0.1, 0.15) is 0 Å². The van der Waals surface area contributed by atoms with E-state index in [2.05, 4.69) is 24.0 Å². The second-order valence-electron chi connectivity index (χ2n) is 3.58. The Bertz CT molecular complexity index is 307. The summed E-state index contributed by atoms with van der Waals surface area (Å²) in [7, 11) is 0. The Morgan fingerprint density at radius 1 is 1.43 bits per heavy atom. The highest BCUT2D eigenvalue weighted by Crippen LogP contribution is 2.07. The second kappa shape index (κ2) is 4.74. The molecule has 0 bridgehead atoms. The van der Waals surface area contributed by atoms with E-state index < -0.39 is 5.97 Å². The molecule has 0 fully saturated rings. The van der Waals surface area contributed by atoms with Gasteiger partial charge in [0.05, 0.1) is 6.42 Å². The minimum atomic E-state index is -0.853. The molecule has 1 rings (SSSR count). The van der Waals surface area contributed by atoms with E-state index in [4.69, 9.17) is 9.52 Å². The third-order valence-electron chi connectivity index (χ3n) is 1.64. The van der Waals surface area contributed by atoms with Crippen molar-refractivity contribution in [3.63, 3.8) is 0 Å². The Labute approximate surface area is 82.1 Å². The van der Waals surface area contributed by atoms with Crippen LogP contribution in [-0.4, -0.2) is 21.3 Å². The van der Waals surface area contributed by atoms with E-state index in [1.807, 2.05) is 0 Å². The van der Waals surface area contributed by atoms with Gasteiger partial charge in [0, 0.05) is 12.8 Å². The van der Waals surface area contributed by atoms with Crippen LogP contribution in [0.3, 0.4) is 0 Å². The van der Waals surface area contributed by atoms with Crippen molar-refractivity contribution in [1.82, 2.24) is 10.2 Å². The van der Waals surface area contributed by atoms with Crippen LogP contribution in [0.4, 0.5) is 0 Å². The zero-order valence-electron chi connectivity index (χ0n) is 8.36. The lowest BCUT2D eigenvalue weighted by Crippen LogP contribution is -1.97. The molecule has 0 unspecified atom stereocenters. The Balaban J connectivity index is 2.46. The molecule has 0 saturated heterocycles. The number of carboxylic acid groups (broad SMARTS) is 1. The van der Waals surface area contributed by atoms with Crippen LogP contribution in [0.1, 0.15) is 32.0 Å². The van der Waals surface area contributed by atoms with Crippen LogP contribution in [0.2, 0.25) is 0 Å². The molecule has 0 aromatic carbocycles. The number of aryl methyl sites for hydroxylation is 1. The highest BCUT2D eigenvalue weighted by atomic mass is 16.4. The molecule has 78 valence electrons. The molecule has 0 amide bonds. The first-order valence-corrected chi connectivity index (χ1v) is 4.61. The van der Waals surface area contributed by atoms with E-state index in [0.29, 0.717) is 24.1 Å². The summed E-state index contributed by atoms with van der Waals surface area (Å²) < 4.78 is 5.26. The van der Waals surface area contributed by atoms with E-state index in [-0.39, 0.29) is 6.42 Å². The number of nitrogens with zero attached hydrogens (tertiary/aromatic N) is 2. The quantitative estimate of drug-likeness (QED) is 0.771. The molecule has 1 aromatic heterocycles. The topological polar surface area (TPSA) is 76.2 Å². The highest BCUT2D eigenvalue weighted by molar-refractivity contribution is 5.66. The average Bonchev–Trinajstić information content (AvgIpc) is 2.47. The fourth-order valence-corrected chi connectivity index (χ4v) is 1.03. The first kappa shape index (κ1) is 10.7. The summed E-state index contributed by atoms with van der Waals surface area (Å²) in [6.45, 7) is 4.11. The minimum Gasteiger partial charge on any atom is -0.481 e. The maximum Gasteiger partial charge on any atom is 0.303 e. The lowest BCUT2D eigenvalue weighted by atomic mass is 10.1. The molecule has 0 atom stereocenters. The van der Waals surface area contributed by atoms with Crippen molar-refractivity contribution in [3.05, 3.63) is 11.8 Å². The minimum absolute atomic E-state index is 0.0311. The van der Waals surface area contributed by atoms with Gasteiger partial charge in [0.15, 0.2) is 0 Å². The lowest BCUT2D eigenvalue weighted by Gasteiger charge is -1.96. The first-order valence-electron chi connectivity index (χ1n) is 4.61. The molecule has 0 aliphatic carbocycles. The van der Waals surface area contributed by atoms with Gasteiger partial charge in [-0.3, -0.25) is 4.79 Å². The molecule has 14 heavy (non-hydrogen) atoms. The molecule has 5 nitrogen and oxygen atoms in total. The van der Waals surface area contributed by atoms with Gasteiger partial charge in [-0.2, -0.15) is 0 Å². The number of carbonyl (C=O) groups is 1. The summed E-state index contributed by atoms with van der Waals surface area (Å²) in [5.74, 6) is 0.597. The van der Waals surface area contributed by atoms with E-state index in [1.54, 1.807) is 0 Å². The Kier molecular flexibility index (Phi) is 3.62. The number of hydrogen-bond donors (Lipinski definition) is 1. The number of aromatic nitrogens is 2. The van der Waals surface area contributed by atoms with Crippen LogP contribution in [-0.2, 0) is 17.6 Å². The van der Waals surface area contributed by atoms with Crippen molar-refractivity contribution < 1.29 is 14.3 Å². The molecule has 0 radical (unpaired) electrons. The van der Waals surface area contributed by atoms with Gasteiger partial charge in [-0.1, -0.05) is 13.8 Å². The van der Waals surface area contributed by atoms with Gasteiger partial charge in [-0.25, -0.2) is 0 Å². The van der Waals surface area contributed by atoms with E-state index in [0.717, 1.165) is 6.42 Å². The summed E-state index contributed by atoms with van der Waals surface area (Å²) in [4.78, 5) is 10.3. The zero-order valence-corrected chi connectivity index (χ0v) is 8.36. The number of carboxylic acids is 1. The molecule has 0 aliphatic heterocycles. The summed E-state index contributed by atoms with van der Waals surface area (Å²) >= 11 is 0. The summed E-state index contributed by atoms with van der Waals surface area (Å²) in [5, 5.41) is 16.0. The van der Waals surface area contributed by atoms with Gasteiger partial charge >= 0.3 is 5.97 Å². The van der Waals surface area contributed by atoms with Crippen molar-refractivity contribution in [2.75, 3.05) is 0 Å². The van der Waals surface area contributed by atoms with Crippen molar-refractivity contribution in [2.24, 2.45) is 5.92 Å². The van der Waals surface area contributed by atoms with Crippen LogP contribution in [0.5, 0.6) is 0 Å². The van der Waals surface area contributed by atoms with Crippen LogP contribution in [0.15, 0.2) is 4.42 Å². The largest absolute Gasteiger partial charge is 0.481 e. The number of rotatable bonds is 5. The Hall–Kier alpha value is -1.39. The SMILES string of the molecule is CC(C)Cc1nnc(CCC(=O)O)o1. The Morgan fingerprint density at radius 2 is 2.07 bits per heavy atom. The normalized spacial score (nSPS) is 10.8. The fourth-order valence-electron chi connectivity index (χ4n) is 1.03. The molecule has 5 heteroatoms. The van der Waals surface area contributed by atoms with Crippen LogP contribution in [0.25, 0.3) is 0 Å². The van der Waals surface area contributed by atoms with Crippen molar-refractivity contribution in [3.8, 4) is 0 Å². The average molecular weight is 198 g/mol. The lowest BCUT2D eigenvalue weighted by molar-refractivity contribution is -0.137. The molecule has 1 aromatic rings. The molecule has 0 saturated carbocycles. The molecule has 1 heterocycles. The summed E-state index contributed by atoms with van der Waals surface area (Å²) in [6.07, 6.45) is 1.07. The van der Waals surface area contributed by atoms with E-state index in [9.17, 15) is 4.79 Å². The molecular weight excluding hydrogens is 184 g/mol. The van der Waals surface area contributed by atoms with Crippen LogP contribution in [0, 0.1) is 5.92 Å². The van der Waals surface area contributed by atoms with Crippen LogP contribution < -0.4 is 0 Å². The molecule has 1 N–H and O–H groups in total. The fraction of sp³-hybridized carbons (Fsp3) is 0.667. The monoisotopic (exact) mass is 198 g/mol. The van der Waals surface area contributed by atoms with Gasteiger partial charge < -0.3 is 9.52 Å². The first-order chi connectivity index (χ1) is 6.58.